The van der Waals surface area contributed by atoms with E-state index < -0.39 is 10.0 Å². The van der Waals surface area contributed by atoms with Crippen LogP contribution in [0.25, 0.3) is 0 Å². The number of sulfonamides is 1. The van der Waals surface area contributed by atoms with Gasteiger partial charge in [-0.1, -0.05) is 29.8 Å². The molecule has 0 aliphatic carbocycles. The van der Waals surface area contributed by atoms with Crippen molar-refractivity contribution in [2.45, 2.75) is 18.7 Å². The number of benzene rings is 1. The molecule has 0 spiro atoms. The van der Waals surface area contributed by atoms with Crippen LogP contribution < -0.4 is 4.72 Å². The molecule has 0 aliphatic heterocycles. The summed E-state index contributed by atoms with van der Waals surface area (Å²) in [7, 11) is -3.61. The van der Waals surface area contributed by atoms with Gasteiger partial charge in [0.05, 0.1) is 16.8 Å². The van der Waals surface area contributed by atoms with E-state index in [9.17, 15) is 8.42 Å². The van der Waals surface area contributed by atoms with Crippen molar-refractivity contribution in [1.82, 2.24) is 4.98 Å². The molecule has 0 amide bonds. The van der Waals surface area contributed by atoms with Gasteiger partial charge in [-0.3, -0.25) is 4.72 Å². The van der Waals surface area contributed by atoms with Gasteiger partial charge in [-0.05, 0) is 37.1 Å². The highest BCUT2D eigenvalue weighted by Crippen LogP contribution is 2.21. The Balaban J connectivity index is 2.37. The van der Waals surface area contributed by atoms with Crippen LogP contribution >= 0.6 is 11.6 Å². The predicted molar refractivity (Wildman–Crippen MR) is 76.0 cm³/mol. The lowest BCUT2D eigenvalue weighted by Crippen LogP contribution is -2.14. The van der Waals surface area contributed by atoms with Crippen LogP contribution in [0.3, 0.4) is 0 Å². The third-order valence-electron chi connectivity index (χ3n) is 2.65. The lowest BCUT2D eigenvalue weighted by Gasteiger charge is -2.10. The van der Waals surface area contributed by atoms with E-state index in [4.69, 9.17) is 11.6 Å². The van der Waals surface area contributed by atoms with Crippen LogP contribution in [-0.4, -0.2) is 13.4 Å². The minimum Gasteiger partial charge on any atom is -0.278 e. The van der Waals surface area contributed by atoms with Gasteiger partial charge < -0.3 is 0 Å². The van der Waals surface area contributed by atoms with Crippen LogP contribution in [0, 0.1) is 13.8 Å². The third-order valence-corrected chi connectivity index (χ3v) is 4.59. The Hall–Kier alpha value is -1.59. The van der Waals surface area contributed by atoms with E-state index in [0.717, 1.165) is 0 Å². The van der Waals surface area contributed by atoms with Crippen LogP contribution in [0.4, 0.5) is 5.69 Å². The van der Waals surface area contributed by atoms with Gasteiger partial charge in [0.1, 0.15) is 5.15 Å². The van der Waals surface area contributed by atoms with Crippen molar-refractivity contribution < 1.29 is 8.42 Å². The van der Waals surface area contributed by atoms with Gasteiger partial charge in [-0.15, -0.1) is 0 Å². The summed E-state index contributed by atoms with van der Waals surface area (Å²) in [5.41, 5.74) is 1.80. The van der Waals surface area contributed by atoms with Gasteiger partial charge in [0.25, 0.3) is 10.0 Å². The summed E-state index contributed by atoms with van der Waals surface area (Å²) < 4.78 is 27.0. The van der Waals surface area contributed by atoms with Crippen molar-refractivity contribution in [3.8, 4) is 0 Å². The largest absolute Gasteiger partial charge is 0.278 e. The molecule has 0 saturated carbocycles. The molecule has 100 valence electrons. The molecule has 1 N–H and O–H groups in total. The van der Waals surface area contributed by atoms with E-state index in [1.807, 2.05) is 0 Å². The van der Waals surface area contributed by atoms with Gasteiger partial charge in [0.15, 0.2) is 0 Å². The second kappa shape index (κ2) is 5.19. The summed E-state index contributed by atoms with van der Waals surface area (Å²) in [4.78, 5) is 4.17. The molecule has 0 aliphatic rings. The summed E-state index contributed by atoms with van der Waals surface area (Å²) in [6.45, 7) is 3.51. The minimum atomic E-state index is -3.61. The Kier molecular flexibility index (Phi) is 3.78. The molecule has 0 fully saturated rings. The number of pyridine rings is 1. The molecular formula is C13H13ClN2O2S. The molecule has 2 aromatic rings. The first-order valence-corrected chi connectivity index (χ1v) is 7.47. The number of aryl methyl sites for hydroxylation is 2. The van der Waals surface area contributed by atoms with E-state index in [0.29, 0.717) is 22.0 Å². The lowest BCUT2D eigenvalue weighted by atomic mass is 10.2. The van der Waals surface area contributed by atoms with Gasteiger partial charge in [0.2, 0.25) is 0 Å². The van der Waals surface area contributed by atoms with Gasteiger partial charge in [-0.2, -0.15) is 0 Å². The fourth-order valence-electron chi connectivity index (χ4n) is 1.68. The molecule has 0 saturated heterocycles. The highest BCUT2D eigenvalue weighted by Gasteiger charge is 2.16. The molecule has 4 nitrogen and oxygen atoms in total. The number of anilines is 1. The maximum atomic E-state index is 12.2. The molecule has 0 bridgehead atoms. The molecule has 1 heterocycles. The Morgan fingerprint density at radius 2 is 1.84 bits per heavy atom. The Bertz CT molecular complexity index is 714. The molecule has 0 atom stereocenters. The highest BCUT2D eigenvalue weighted by molar-refractivity contribution is 7.92. The standard InChI is InChI=1S/C13H13ClN2O2S/c1-9-5-3-4-6-12(9)19(17,18)16-11-7-10(2)13(14)15-8-11/h3-8,16H,1-2H3. The zero-order valence-electron chi connectivity index (χ0n) is 10.5. The lowest BCUT2D eigenvalue weighted by molar-refractivity contribution is 0.600. The Labute approximate surface area is 117 Å². The molecule has 1 aromatic carbocycles. The highest BCUT2D eigenvalue weighted by atomic mass is 35.5. The predicted octanol–water partition coefficient (Wildman–Crippen LogP) is 3.15. The quantitative estimate of drug-likeness (QED) is 0.885. The second-order valence-electron chi connectivity index (χ2n) is 4.20. The monoisotopic (exact) mass is 296 g/mol. The zero-order valence-corrected chi connectivity index (χ0v) is 12.1. The number of hydrogen-bond acceptors (Lipinski definition) is 3. The van der Waals surface area contributed by atoms with Crippen molar-refractivity contribution >= 4 is 27.3 Å². The summed E-state index contributed by atoms with van der Waals surface area (Å²) in [5, 5.41) is 0.360. The van der Waals surface area contributed by atoms with Crippen molar-refractivity contribution in [3.05, 3.63) is 52.8 Å². The van der Waals surface area contributed by atoms with Crippen LogP contribution in [-0.2, 0) is 10.0 Å². The Morgan fingerprint density at radius 1 is 1.16 bits per heavy atom. The summed E-state index contributed by atoms with van der Waals surface area (Å²) in [6, 6.07) is 8.44. The first-order valence-electron chi connectivity index (χ1n) is 5.61. The zero-order chi connectivity index (χ0) is 14.0. The average Bonchev–Trinajstić information content (AvgIpc) is 2.34. The van der Waals surface area contributed by atoms with Gasteiger partial charge >= 0.3 is 0 Å². The normalized spacial score (nSPS) is 11.3. The smallest absolute Gasteiger partial charge is 0.262 e. The number of halogens is 1. The van der Waals surface area contributed by atoms with Crippen molar-refractivity contribution in [1.29, 1.82) is 0 Å². The molecule has 0 unspecified atom stereocenters. The number of hydrogen-bond donors (Lipinski definition) is 1. The average molecular weight is 297 g/mol. The topological polar surface area (TPSA) is 59.1 Å². The molecule has 19 heavy (non-hydrogen) atoms. The van der Waals surface area contributed by atoms with E-state index in [1.54, 1.807) is 44.2 Å². The maximum absolute atomic E-state index is 12.2. The number of nitrogens with zero attached hydrogens (tertiary/aromatic N) is 1. The molecular weight excluding hydrogens is 284 g/mol. The molecule has 6 heteroatoms. The van der Waals surface area contributed by atoms with Crippen molar-refractivity contribution in [3.63, 3.8) is 0 Å². The molecule has 0 radical (unpaired) electrons. The summed E-state index contributed by atoms with van der Waals surface area (Å²) in [6.07, 6.45) is 1.39. The van der Waals surface area contributed by atoms with Crippen LogP contribution in [0.1, 0.15) is 11.1 Å². The van der Waals surface area contributed by atoms with Gasteiger partial charge in [-0.25, -0.2) is 13.4 Å². The van der Waals surface area contributed by atoms with E-state index >= 15 is 0 Å². The summed E-state index contributed by atoms with van der Waals surface area (Å²) >= 11 is 5.81. The van der Waals surface area contributed by atoms with Crippen LogP contribution in [0.2, 0.25) is 5.15 Å². The number of rotatable bonds is 3. The maximum Gasteiger partial charge on any atom is 0.262 e. The van der Waals surface area contributed by atoms with Crippen molar-refractivity contribution in [2.24, 2.45) is 0 Å². The third kappa shape index (κ3) is 3.05. The minimum absolute atomic E-state index is 0.252. The fraction of sp³-hybridized carbons (Fsp3) is 0.154. The molecule has 2 rings (SSSR count). The second-order valence-corrected chi connectivity index (χ2v) is 6.21. The fourth-order valence-corrected chi connectivity index (χ4v) is 3.07. The van der Waals surface area contributed by atoms with E-state index in [1.165, 1.54) is 6.20 Å². The van der Waals surface area contributed by atoms with Crippen LogP contribution in [0.5, 0.6) is 0 Å². The molecule has 1 aromatic heterocycles. The van der Waals surface area contributed by atoms with Gasteiger partial charge in [0, 0.05) is 0 Å². The first kappa shape index (κ1) is 13.8. The SMILES string of the molecule is Cc1ccccc1S(=O)(=O)Nc1cnc(Cl)c(C)c1. The van der Waals surface area contributed by atoms with E-state index in [2.05, 4.69) is 9.71 Å². The number of aromatic nitrogens is 1. The summed E-state index contributed by atoms with van der Waals surface area (Å²) in [5.74, 6) is 0. The van der Waals surface area contributed by atoms with Crippen molar-refractivity contribution in [2.75, 3.05) is 4.72 Å². The van der Waals surface area contributed by atoms with E-state index in [-0.39, 0.29) is 4.90 Å². The number of nitrogens with one attached hydrogen (secondary N) is 1. The first-order chi connectivity index (χ1) is 8.90. The van der Waals surface area contributed by atoms with Crippen LogP contribution in [0.15, 0.2) is 41.4 Å². The Morgan fingerprint density at radius 3 is 2.47 bits per heavy atom.